The Balaban J connectivity index is 2.80. The molecule has 0 bridgehead atoms. The third-order valence-corrected chi connectivity index (χ3v) is 1.97. The Kier molecular flexibility index (Phi) is 4.87. The topological polar surface area (TPSA) is 58.7 Å². The van der Waals surface area contributed by atoms with Crippen molar-refractivity contribution in [3.63, 3.8) is 0 Å². The Hall–Kier alpha value is -2.17. The molecule has 17 heavy (non-hydrogen) atoms. The van der Waals surface area contributed by atoms with Crippen LogP contribution in [0.3, 0.4) is 0 Å². The van der Waals surface area contributed by atoms with Crippen LogP contribution in [0.1, 0.15) is 6.42 Å². The van der Waals surface area contributed by atoms with Gasteiger partial charge in [-0.05, 0) is 6.08 Å². The normalized spacial score (nSPS) is 16.5. The predicted molar refractivity (Wildman–Crippen MR) is 65.6 cm³/mol. The van der Waals surface area contributed by atoms with Crippen molar-refractivity contribution in [3.8, 4) is 0 Å². The molecule has 0 saturated carbocycles. The van der Waals surface area contributed by atoms with Gasteiger partial charge in [-0.25, -0.2) is 9.38 Å². The molecule has 2 N–H and O–H groups in total. The Labute approximate surface area is 99.3 Å². The number of aldehydes is 1. The van der Waals surface area contributed by atoms with Gasteiger partial charge in [0, 0.05) is 32.0 Å². The van der Waals surface area contributed by atoms with Crippen molar-refractivity contribution in [3.05, 3.63) is 47.8 Å². The van der Waals surface area contributed by atoms with E-state index in [1.165, 1.54) is 11.1 Å². The van der Waals surface area contributed by atoms with Crippen LogP contribution < -0.4 is 5.73 Å². The van der Waals surface area contributed by atoms with E-state index in [-0.39, 0.29) is 5.70 Å². The van der Waals surface area contributed by atoms with Gasteiger partial charge in [-0.15, -0.1) is 0 Å². The van der Waals surface area contributed by atoms with E-state index < -0.39 is 5.83 Å². The summed E-state index contributed by atoms with van der Waals surface area (Å²) >= 11 is 0. The van der Waals surface area contributed by atoms with Gasteiger partial charge >= 0.3 is 0 Å². The Morgan fingerprint density at radius 1 is 1.65 bits per heavy atom. The minimum Gasteiger partial charge on any atom is -0.396 e. The van der Waals surface area contributed by atoms with Crippen LogP contribution in [-0.4, -0.2) is 24.4 Å². The molecule has 1 rings (SSSR count). The van der Waals surface area contributed by atoms with Crippen LogP contribution in [0.25, 0.3) is 0 Å². The summed E-state index contributed by atoms with van der Waals surface area (Å²) in [6.07, 6.45) is 10.6. The number of carbonyl (C=O) groups is 1. The molecule has 0 atom stereocenters. The van der Waals surface area contributed by atoms with Crippen LogP contribution in [0.2, 0.25) is 0 Å². The smallest absolute Gasteiger partial charge is 0.165 e. The van der Waals surface area contributed by atoms with E-state index >= 15 is 0 Å². The van der Waals surface area contributed by atoms with Crippen molar-refractivity contribution < 1.29 is 9.18 Å². The van der Waals surface area contributed by atoms with Gasteiger partial charge in [0.25, 0.3) is 0 Å². The number of rotatable bonds is 4. The van der Waals surface area contributed by atoms with Crippen molar-refractivity contribution in [1.82, 2.24) is 4.90 Å². The molecular weight excluding hydrogens is 221 g/mol. The first-order chi connectivity index (χ1) is 8.13. The first kappa shape index (κ1) is 12.9. The van der Waals surface area contributed by atoms with Gasteiger partial charge in [0.1, 0.15) is 11.6 Å². The van der Waals surface area contributed by atoms with Crippen molar-refractivity contribution in [2.24, 2.45) is 10.7 Å². The van der Waals surface area contributed by atoms with Gasteiger partial charge in [0.2, 0.25) is 0 Å². The van der Waals surface area contributed by atoms with Crippen LogP contribution >= 0.6 is 0 Å². The molecule has 0 saturated heterocycles. The maximum atomic E-state index is 13.4. The van der Waals surface area contributed by atoms with Gasteiger partial charge in [-0.2, -0.15) is 0 Å². The lowest BCUT2D eigenvalue weighted by Crippen LogP contribution is -2.09. The Bertz CT molecular complexity index is 433. The second-order valence-corrected chi connectivity index (χ2v) is 3.39. The minimum absolute atomic E-state index is 0.162. The number of halogens is 1. The van der Waals surface area contributed by atoms with Crippen molar-refractivity contribution in [1.29, 1.82) is 0 Å². The second kappa shape index (κ2) is 6.42. The lowest BCUT2D eigenvalue weighted by atomic mass is 10.4. The van der Waals surface area contributed by atoms with Crippen LogP contribution in [0.5, 0.6) is 0 Å². The van der Waals surface area contributed by atoms with Crippen molar-refractivity contribution in [2.75, 3.05) is 7.05 Å². The maximum absolute atomic E-state index is 13.4. The molecule has 0 aromatic heterocycles. The largest absolute Gasteiger partial charge is 0.396 e. The molecule has 4 nitrogen and oxygen atoms in total. The molecule has 1 heterocycles. The van der Waals surface area contributed by atoms with Crippen LogP contribution in [0.4, 0.5) is 4.39 Å². The lowest BCUT2D eigenvalue weighted by molar-refractivity contribution is -0.105. The molecule has 0 aromatic rings. The molecule has 1 aliphatic heterocycles. The number of allylic oxidation sites excluding steroid dienone is 6. The quantitative estimate of drug-likeness (QED) is 0.458. The van der Waals surface area contributed by atoms with Gasteiger partial charge < -0.3 is 10.6 Å². The van der Waals surface area contributed by atoms with Crippen LogP contribution in [0, 0.1) is 0 Å². The average Bonchev–Trinajstić information content (AvgIpc) is 2.57. The molecular formula is C12H14FN3O. The first-order valence-corrected chi connectivity index (χ1v) is 5.05. The van der Waals surface area contributed by atoms with Gasteiger partial charge in [0.05, 0.1) is 5.70 Å². The second-order valence-electron chi connectivity index (χ2n) is 3.39. The number of nitrogens with two attached hydrogens (primary N) is 1. The van der Waals surface area contributed by atoms with Crippen LogP contribution in [0.15, 0.2) is 52.8 Å². The molecule has 5 heteroatoms. The summed E-state index contributed by atoms with van der Waals surface area (Å²) in [4.78, 5) is 15.9. The van der Waals surface area contributed by atoms with Crippen molar-refractivity contribution >= 4 is 12.5 Å². The predicted octanol–water partition coefficient (Wildman–Crippen LogP) is 1.64. The zero-order chi connectivity index (χ0) is 12.7. The number of aliphatic imine (C=N–C) groups is 1. The zero-order valence-corrected chi connectivity index (χ0v) is 9.51. The van der Waals surface area contributed by atoms with E-state index in [9.17, 15) is 9.18 Å². The van der Waals surface area contributed by atoms with E-state index in [2.05, 4.69) is 4.99 Å². The highest BCUT2D eigenvalue weighted by Gasteiger charge is 2.02. The van der Waals surface area contributed by atoms with E-state index in [1.807, 2.05) is 12.2 Å². The molecule has 0 aromatic carbocycles. The van der Waals surface area contributed by atoms with Gasteiger partial charge in [-0.1, -0.05) is 12.2 Å². The highest BCUT2D eigenvalue weighted by Crippen LogP contribution is 2.10. The first-order valence-electron chi connectivity index (χ1n) is 5.05. The SMILES string of the molecule is CN(/C=C(F)\C=C(\N)C=O)C1=CC=CCC=N1. The van der Waals surface area contributed by atoms with E-state index in [0.717, 1.165) is 12.5 Å². The highest BCUT2D eigenvalue weighted by molar-refractivity contribution is 5.72. The summed E-state index contributed by atoms with van der Waals surface area (Å²) in [6.45, 7) is 0. The minimum atomic E-state index is -0.610. The Morgan fingerprint density at radius 3 is 3.12 bits per heavy atom. The Morgan fingerprint density at radius 2 is 2.41 bits per heavy atom. The molecule has 0 amide bonds. The molecule has 0 spiro atoms. The molecule has 0 unspecified atom stereocenters. The van der Waals surface area contributed by atoms with Crippen molar-refractivity contribution in [2.45, 2.75) is 6.42 Å². The number of hydrogen-bond acceptors (Lipinski definition) is 4. The van der Waals surface area contributed by atoms with E-state index in [4.69, 9.17) is 5.73 Å². The van der Waals surface area contributed by atoms with E-state index in [1.54, 1.807) is 19.3 Å². The molecule has 0 aliphatic carbocycles. The number of carbonyl (C=O) groups excluding carboxylic acids is 1. The number of nitrogens with zero attached hydrogens (tertiary/aromatic N) is 2. The summed E-state index contributed by atoms with van der Waals surface area (Å²) in [7, 11) is 1.66. The third-order valence-electron chi connectivity index (χ3n) is 1.97. The molecule has 90 valence electrons. The zero-order valence-electron chi connectivity index (χ0n) is 9.51. The van der Waals surface area contributed by atoms with Crippen LogP contribution in [-0.2, 0) is 4.79 Å². The number of hydrogen-bond donors (Lipinski definition) is 1. The lowest BCUT2D eigenvalue weighted by Gasteiger charge is -2.13. The maximum Gasteiger partial charge on any atom is 0.165 e. The molecule has 0 radical (unpaired) electrons. The summed E-state index contributed by atoms with van der Waals surface area (Å²) in [6, 6.07) is 0. The summed E-state index contributed by atoms with van der Waals surface area (Å²) in [5.41, 5.74) is 5.03. The summed E-state index contributed by atoms with van der Waals surface area (Å²) in [5.74, 6) is -0.00611. The van der Waals surface area contributed by atoms with E-state index in [0.29, 0.717) is 12.1 Å². The van der Waals surface area contributed by atoms with Gasteiger partial charge in [-0.3, -0.25) is 4.79 Å². The highest BCUT2D eigenvalue weighted by atomic mass is 19.1. The fraction of sp³-hybridized carbons (Fsp3) is 0.167. The summed E-state index contributed by atoms with van der Waals surface area (Å²) < 4.78 is 13.4. The monoisotopic (exact) mass is 235 g/mol. The average molecular weight is 235 g/mol. The standard InChI is InChI=1S/C12H14FN3O/c1-16(8-10(13)7-11(14)9-17)12-5-3-2-4-6-15-12/h2-3,5-9H,4,14H2,1H3/b10-8+,11-7+. The van der Waals surface area contributed by atoms with Gasteiger partial charge in [0.15, 0.2) is 6.29 Å². The fourth-order valence-electron chi connectivity index (χ4n) is 1.17. The summed E-state index contributed by atoms with van der Waals surface area (Å²) in [5, 5.41) is 0. The fourth-order valence-corrected chi connectivity index (χ4v) is 1.17. The molecule has 0 fully saturated rings. The molecule has 1 aliphatic rings. The third kappa shape index (κ3) is 4.46.